The van der Waals surface area contributed by atoms with Gasteiger partial charge in [-0.15, -0.1) is 0 Å². The number of nitro benzene ring substituents is 1. The molecule has 0 aliphatic rings. The van der Waals surface area contributed by atoms with Crippen LogP contribution in [0.3, 0.4) is 0 Å². The van der Waals surface area contributed by atoms with E-state index in [2.05, 4.69) is 10.2 Å². The van der Waals surface area contributed by atoms with Crippen molar-refractivity contribution in [3.05, 3.63) is 69.4 Å². The fourth-order valence-corrected chi connectivity index (χ4v) is 2.27. The van der Waals surface area contributed by atoms with Crippen molar-refractivity contribution in [2.75, 3.05) is 0 Å². The highest BCUT2D eigenvalue weighted by molar-refractivity contribution is 5.89. The highest BCUT2D eigenvalue weighted by Crippen LogP contribution is 2.24. The largest absolute Gasteiger partial charge is 0.392 e. The number of aliphatic hydroxyl groups excluding tert-OH is 1. The molecule has 6 nitrogen and oxygen atoms in total. The minimum atomic E-state index is -0.457. The molecule has 3 aromatic rings. The Kier molecular flexibility index (Phi) is 3.67. The van der Waals surface area contributed by atoms with Crippen LogP contribution in [0, 0.1) is 10.1 Å². The molecule has 0 spiro atoms. The van der Waals surface area contributed by atoms with E-state index in [4.69, 9.17) is 5.11 Å². The van der Waals surface area contributed by atoms with Crippen LogP contribution in [0.5, 0.6) is 0 Å². The first-order valence-electron chi connectivity index (χ1n) is 6.68. The summed E-state index contributed by atoms with van der Waals surface area (Å²) in [5.41, 5.74) is 2.56. The number of aromatic nitrogens is 2. The van der Waals surface area contributed by atoms with E-state index in [1.54, 1.807) is 24.3 Å². The maximum atomic E-state index is 11.1. The van der Waals surface area contributed by atoms with Gasteiger partial charge in [-0.3, -0.25) is 15.2 Å². The van der Waals surface area contributed by atoms with Crippen molar-refractivity contribution in [2.24, 2.45) is 0 Å². The first-order valence-corrected chi connectivity index (χ1v) is 6.68. The van der Waals surface area contributed by atoms with E-state index in [9.17, 15) is 10.1 Å². The van der Waals surface area contributed by atoms with E-state index >= 15 is 0 Å². The van der Waals surface area contributed by atoms with E-state index in [1.165, 1.54) is 6.07 Å². The van der Waals surface area contributed by atoms with Gasteiger partial charge in [0.25, 0.3) is 5.69 Å². The number of nitrogens with zero attached hydrogens (tertiary/aromatic N) is 2. The van der Waals surface area contributed by atoms with E-state index < -0.39 is 4.92 Å². The van der Waals surface area contributed by atoms with Crippen molar-refractivity contribution >= 4 is 28.7 Å². The average molecular weight is 295 g/mol. The van der Waals surface area contributed by atoms with Gasteiger partial charge in [-0.2, -0.15) is 5.10 Å². The Balaban J connectivity index is 2.00. The lowest BCUT2D eigenvalue weighted by Crippen LogP contribution is -1.94. The summed E-state index contributed by atoms with van der Waals surface area (Å²) in [6, 6.07) is 12.3. The molecule has 2 aromatic carbocycles. The van der Waals surface area contributed by atoms with Gasteiger partial charge in [0.05, 0.1) is 28.3 Å². The van der Waals surface area contributed by atoms with Gasteiger partial charge < -0.3 is 5.11 Å². The number of rotatable bonds is 4. The SMILES string of the molecule is O=[N+]([O-])c1cc(CO)ccc1C=Cc1n[nH]c2ccccc12. The van der Waals surface area contributed by atoms with Crippen LogP contribution < -0.4 is 0 Å². The van der Waals surface area contributed by atoms with Gasteiger partial charge in [0.15, 0.2) is 0 Å². The number of aliphatic hydroxyl groups is 1. The number of fused-ring (bicyclic) bond motifs is 1. The molecule has 0 aliphatic carbocycles. The van der Waals surface area contributed by atoms with Gasteiger partial charge >= 0.3 is 0 Å². The molecule has 0 atom stereocenters. The molecule has 0 amide bonds. The molecule has 0 saturated carbocycles. The maximum absolute atomic E-state index is 11.1. The van der Waals surface area contributed by atoms with Crippen molar-refractivity contribution in [1.29, 1.82) is 0 Å². The Hall–Kier alpha value is -2.99. The molecule has 0 radical (unpaired) electrons. The molecule has 22 heavy (non-hydrogen) atoms. The minimum absolute atomic E-state index is 0.0392. The van der Waals surface area contributed by atoms with Crippen molar-refractivity contribution in [3.8, 4) is 0 Å². The zero-order valence-electron chi connectivity index (χ0n) is 11.6. The molecular formula is C16H13N3O3. The summed E-state index contributed by atoms with van der Waals surface area (Å²) in [7, 11) is 0. The molecule has 0 fully saturated rings. The standard InChI is InChI=1S/C16H13N3O3/c20-10-11-5-6-12(16(9-11)19(21)22)7-8-15-13-3-1-2-4-14(13)17-18-15/h1-9,20H,10H2,(H,17,18). The molecule has 0 bridgehead atoms. The molecule has 0 aliphatic heterocycles. The molecule has 0 saturated heterocycles. The Morgan fingerprint density at radius 3 is 2.82 bits per heavy atom. The van der Waals surface area contributed by atoms with Crippen molar-refractivity contribution in [3.63, 3.8) is 0 Å². The first kappa shape index (κ1) is 14.0. The summed E-state index contributed by atoms with van der Waals surface area (Å²) in [5.74, 6) is 0. The third-order valence-electron chi connectivity index (χ3n) is 3.39. The van der Waals surface area contributed by atoms with Crippen LogP contribution in [-0.4, -0.2) is 20.2 Å². The van der Waals surface area contributed by atoms with Crippen LogP contribution in [0.25, 0.3) is 23.1 Å². The fourth-order valence-electron chi connectivity index (χ4n) is 2.27. The molecule has 1 aromatic heterocycles. The minimum Gasteiger partial charge on any atom is -0.392 e. The molecular weight excluding hydrogens is 282 g/mol. The Morgan fingerprint density at radius 1 is 1.23 bits per heavy atom. The van der Waals surface area contributed by atoms with Crippen LogP contribution in [0.4, 0.5) is 5.69 Å². The summed E-state index contributed by atoms with van der Waals surface area (Å²) < 4.78 is 0. The molecule has 110 valence electrons. The first-order chi connectivity index (χ1) is 10.7. The smallest absolute Gasteiger partial charge is 0.276 e. The number of hydrogen-bond acceptors (Lipinski definition) is 4. The second-order valence-corrected chi connectivity index (χ2v) is 4.80. The number of nitro groups is 1. The van der Waals surface area contributed by atoms with Crippen molar-refractivity contribution < 1.29 is 10.0 Å². The summed E-state index contributed by atoms with van der Waals surface area (Å²) in [5, 5.41) is 28.3. The van der Waals surface area contributed by atoms with Crippen molar-refractivity contribution in [2.45, 2.75) is 6.61 Å². The third-order valence-corrected chi connectivity index (χ3v) is 3.39. The molecule has 3 rings (SSSR count). The van der Waals surface area contributed by atoms with E-state index in [1.807, 2.05) is 24.3 Å². The second kappa shape index (κ2) is 5.79. The monoisotopic (exact) mass is 295 g/mol. The summed E-state index contributed by atoms with van der Waals surface area (Å²) >= 11 is 0. The second-order valence-electron chi connectivity index (χ2n) is 4.80. The van der Waals surface area contributed by atoms with Gasteiger partial charge in [0.1, 0.15) is 0 Å². The lowest BCUT2D eigenvalue weighted by molar-refractivity contribution is -0.385. The maximum Gasteiger partial charge on any atom is 0.276 e. The topological polar surface area (TPSA) is 92.1 Å². The zero-order valence-corrected chi connectivity index (χ0v) is 11.6. The predicted molar refractivity (Wildman–Crippen MR) is 84.0 cm³/mol. The Labute approximate surface area is 125 Å². The molecule has 1 heterocycles. The summed E-state index contributed by atoms with van der Waals surface area (Å²) in [6.45, 7) is -0.227. The zero-order chi connectivity index (χ0) is 15.5. The van der Waals surface area contributed by atoms with Crippen LogP contribution in [0.1, 0.15) is 16.8 Å². The lowest BCUT2D eigenvalue weighted by atomic mass is 10.1. The van der Waals surface area contributed by atoms with Crippen LogP contribution in [0.2, 0.25) is 0 Å². The van der Waals surface area contributed by atoms with Crippen LogP contribution in [0.15, 0.2) is 42.5 Å². The van der Waals surface area contributed by atoms with Crippen LogP contribution >= 0.6 is 0 Å². The van der Waals surface area contributed by atoms with Gasteiger partial charge in [0.2, 0.25) is 0 Å². The van der Waals surface area contributed by atoms with Gasteiger partial charge in [0, 0.05) is 11.5 Å². The predicted octanol–water partition coefficient (Wildman–Crippen LogP) is 3.13. The number of H-pyrrole nitrogens is 1. The Bertz CT molecular complexity index is 868. The number of nitrogens with one attached hydrogen (secondary N) is 1. The summed E-state index contributed by atoms with van der Waals surface area (Å²) in [6.07, 6.45) is 3.39. The quantitative estimate of drug-likeness (QED) is 0.571. The van der Waals surface area contributed by atoms with Crippen LogP contribution in [-0.2, 0) is 6.61 Å². The number of aromatic amines is 1. The van der Waals surface area contributed by atoms with Crippen molar-refractivity contribution in [1.82, 2.24) is 10.2 Å². The number of hydrogen-bond donors (Lipinski definition) is 2. The third kappa shape index (κ3) is 2.59. The van der Waals surface area contributed by atoms with E-state index in [-0.39, 0.29) is 12.3 Å². The van der Waals surface area contributed by atoms with Gasteiger partial charge in [-0.1, -0.05) is 24.3 Å². The fraction of sp³-hybridized carbons (Fsp3) is 0.0625. The highest BCUT2D eigenvalue weighted by atomic mass is 16.6. The Morgan fingerprint density at radius 2 is 2.05 bits per heavy atom. The lowest BCUT2D eigenvalue weighted by Gasteiger charge is -2.00. The average Bonchev–Trinajstić information content (AvgIpc) is 2.96. The normalized spacial score (nSPS) is 11.3. The highest BCUT2D eigenvalue weighted by Gasteiger charge is 2.12. The van der Waals surface area contributed by atoms with E-state index in [0.29, 0.717) is 11.1 Å². The van der Waals surface area contributed by atoms with Gasteiger partial charge in [-0.25, -0.2) is 0 Å². The molecule has 0 unspecified atom stereocenters. The van der Waals surface area contributed by atoms with E-state index in [0.717, 1.165) is 16.6 Å². The van der Waals surface area contributed by atoms with Gasteiger partial charge in [-0.05, 0) is 29.8 Å². The number of para-hydroxylation sites is 1. The molecule has 2 N–H and O–H groups in total. The number of benzene rings is 2. The molecule has 6 heteroatoms. The summed E-state index contributed by atoms with van der Waals surface area (Å²) in [4.78, 5) is 10.7.